The van der Waals surface area contributed by atoms with E-state index in [1.54, 1.807) is 0 Å². The molecule has 0 bridgehead atoms. The first-order valence-corrected chi connectivity index (χ1v) is 11.9. The van der Waals surface area contributed by atoms with Crippen LogP contribution in [0.4, 0.5) is 5.69 Å². The fourth-order valence-electron chi connectivity index (χ4n) is 4.08. The van der Waals surface area contributed by atoms with E-state index in [1.165, 1.54) is 35.2 Å². The second-order valence-electron chi connectivity index (χ2n) is 7.03. The summed E-state index contributed by atoms with van der Waals surface area (Å²) in [6.07, 6.45) is 5.70. The normalized spacial score (nSPS) is 13.7. The van der Waals surface area contributed by atoms with Crippen LogP contribution in [0, 0.1) is 20.8 Å². The van der Waals surface area contributed by atoms with Crippen molar-refractivity contribution in [2.75, 3.05) is 23.8 Å². The van der Waals surface area contributed by atoms with Crippen LogP contribution in [-0.4, -0.2) is 30.1 Å². The van der Waals surface area contributed by atoms with Gasteiger partial charge in [0.15, 0.2) is 0 Å². The van der Waals surface area contributed by atoms with Crippen LogP contribution in [0.1, 0.15) is 57.2 Å². The van der Waals surface area contributed by atoms with Gasteiger partial charge in [0, 0.05) is 0 Å². The molecule has 2 nitrogen and oxygen atoms in total. The van der Waals surface area contributed by atoms with Gasteiger partial charge in [-0.05, 0) is 0 Å². The average Bonchev–Trinajstić information content (AvgIpc) is 2.51. The molecule has 0 saturated heterocycles. The van der Waals surface area contributed by atoms with Crippen molar-refractivity contribution >= 4 is 18.9 Å². The first-order chi connectivity index (χ1) is 10.8. The van der Waals surface area contributed by atoms with Crippen LogP contribution in [0.3, 0.4) is 0 Å². The zero-order chi connectivity index (χ0) is 17.6. The molecule has 0 aromatic heterocycles. The first kappa shape index (κ1) is 20.2. The van der Waals surface area contributed by atoms with Crippen molar-refractivity contribution in [1.82, 2.24) is 0 Å². The number of carbonyl (C=O) groups excluding carboxylic acids is 1. The van der Waals surface area contributed by atoms with Crippen molar-refractivity contribution in [1.29, 1.82) is 0 Å². The number of hydrogen-bond donors (Lipinski definition) is 1. The fraction of sp³-hybridized carbons (Fsp3) is 0.650. The molecule has 0 saturated carbocycles. The molecule has 0 aliphatic heterocycles. The van der Waals surface area contributed by atoms with E-state index in [9.17, 15) is 4.79 Å². The van der Waals surface area contributed by atoms with Crippen LogP contribution in [0.5, 0.6) is 0 Å². The summed E-state index contributed by atoms with van der Waals surface area (Å²) in [6, 6.07) is 4.31. The Balaban J connectivity index is 3.13. The molecule has 0 spiro atoms. The number of benzene rings is 1. The Labute approximate surface area is 143 Å². The number of hydrogen-bond acceptors (Lipinski definition) is 1. The van der Waals surface area contributed by atoms with Gasteiger partial charge in [-0.2, -0.15) is 0 Å². The summed E-state index contributed by atoms with van der Waals surface area (Å²) >= 11 is 0. The molecule has 0 aliphatic carbocycles. The Morgan fingerprint density at radius 3 is 1.87 bits per heavy atom. The third-order valence-electron chi connectivity index (χ3n) is 5.67. The Bertz CT molecular complexity index is 503. The van der Waals surface area contributed by atoms with Crippen LogP contribution < -0.4 is 5.32 Å². The van der Waals surface area contributed by atoms with Gasteiger partial charge in [0.25, 0.3) is 0 Å². The number of rotatable bonds is 8. The fourth-order valence-corrected chi connectivity index (χ4v) is 8.59. The van der Waals surface area contributed by atoms with E-state index in [0.29, 0.717) is 0 Å². The van der Waals surface area contributed by atoms with E-state index in [0.717, 1.165) is 18.5 Å². The number of anilines is 1. The van der Waals surface area contributed by atoms with Crippen molar-refractivity contribution in [3.05, 3.63) is 28.8 Å². The monoisotopic (exact) mass is 337 g/mol. The van der Waals surface area contributed by atoms with Gasteiger partial charge in [-0.25, -0.2) is 0 Å². The van der Waals surface area contributed by atoms with E-state index in [4.69, 9.17) is 0 Å². The molecular formula is C20H36NOP. The van der Waals surface area contributed by atoms with Gasteiger partial charge >= 0.3 is 143 Å². The molecule has 1 aromatic carbocycles. The van der Waals surface area contributed by atoms with Crippen molar-refractivity contribution < 1.29 is 4.79 Å². The molecule has 0 radical (unpaired) electrons. The van der Waals surface area contributed by atoms with Gasteiger partial charge in [-0.15, -0.1) is 0 Å². The van der Waals surface area contributed by atoms with Crippen molar-refractivity contribution in [3.8, 4) is 0 Å². The Morgan fingerprint density at radius 1 is 1.00 bits per heavy atom. The minimum absolute atomic E-state index is 0.229. The molecule has 1 amide bonds. The van der Waals surface area contributed by atoms with Crippen LogP contribution in [0.15, 0.2) is 12.1 Å². The van der Waals surface area contributed by atoms with Gasteiger partial charge < -0.3 is 0 Å². The average molecular weight is 337 g/mol. The SMILES string of the molecule is CCCC(C(=O)Nc1c(C)cc(C)cc1C)[PH](CC)(CC)CC. The van der Waals surface area contributed by atoms with Crippen molar-refractivity contribution in [3.63, 3.8) is 0 Å². The summed E-state index contributed by atoms with van der Waals surface area (Å²) in [5.74, 6) is 0.263. The number of amides is 1. The van der Waals surface area contributed by atoms with Crippen LogP contribution in [0.2, 0.25) is 0 Å². The van der Waals surface area contributed by atoms with Crippen molar-refractivity contribution in [2.24, 2.45) is 0 Å². The van der Waals surface area contributed by atoms with E-state index >= 15 is 0 Å². The Hall–Kier alpha value is -0.880. The Morgan fingerprint density at radius 2 is 1.48 bits per heavy atom. The number of carbonyl (C=O) groups is 1. The topological polar surface area (TPSA) is 29.1 Å². The predicted molar refractivity (Wildman–Crippen MR) is 108 cm³/mol. The number of nitrogens with one attached hydrogen (secondary N) is 1. The van der Waals surface area contributed by atoms with Gasteiger partial charge in [0.1, 0.15) is 0 Å². The first-order valence-electron chi connectivity index (χ1n) is 9.23. The molecule has 132 valence electrons. The maximum absolute atomic E-state index is 13.1. The quantitative estimate of drug-likeness (QED) is 0.621. The van der Waals surface area contributed by atoms with E-state index in [2.05, 4.69) is 65.9 Å². The van der Waals surface area contributed by atoms with Gasteiger partial charge in [-0.3, -0.25) is 0 Å². The third kappa shape index (κ3) is 4.57. The molecule has 1 N–H and O–H groups in total. The van der Waals surface area contributed by atoms with Gasteiger partial charge in [0.05, 0.1) is 0 Å². The summed E-state index contributed by atoms with van der Waals surface area (Å²) in [5, 5.41) is 3.29. The van der Waals surface area contributed by atoms with Gasteiger partial charge in [0.2, 0.25) is 0 Å². The van der Waals surface area contributed by atoms with E-state index < -0.39 is 7.26 Å². The predicted octanol–water partition coefficient (Wildman–Crippen LogP) is 5.53. The summed E-state index contributed by atoms with van der Waals surface area (Å²) in [6.45, 7) is 15.4. The van der Waals surface area contributed by atoms with E-state index in [1.807, 2.05) is 0 Å². The molecular weight excluding hydrogens is 301 g/mol. The molecule has 1 rings (SSSR count). The van der Waals surface area contributed by atoms with Crippen LogP contribution in [-0.2, 0) is 4.79 Å². The van der Waals surface area contributed by atoms with Crippen molar-refractivity contribution in [2.45, 2.75) is 67.0 Å². The standard InChI is InChI=1S/C20H36NOP/c1-8-12-18(23(9-2,10-3)11-4)20(22)21-19-16(6)13-15(5)14-17(19)7/h13-14,18,23H,8-12H2,1-7H3,(H,21,22). The summed E-state index contributed by atoms with van der Waals surface area (Å²) in [4.78, 5) is 13.1. The second-order valence-corrected chi connectivity index (χ2v) is 12.6. The third-order valence-corrected chi connectivity index (χ3v) is 11.9. The maximum atomic E-state index is 13.1. The Kier molecular flexibility index (Phi) is 7.74. The molecule has 0 fully saturated rings. The molecule has 1 aromatic rings. The summed E-state index contributed by atoms with van der Waals surface area (Å²) < 4.78 is 0. The van der Waals surface area contributed by atoms with Gasteiger partial charge in [-0.1, -0.05) is 0 Å². The summed E-state index contributed by atoms with van der Waals surface area (Å²) in [7, 11) is -1.54. The number of aryl methyl sites for hydroxylation is 3. The molecule has 0 aliphatic rings. The molecule has 1 unspecified atom stereocenters. The van der Waals surface area contributed by atoms with Crippen LogP contribution >= 0.6 is 7.26 Å². The molecule has 23 heavy (non-hydrogen) atoms. The molecule has 3 heteroatoms. The zero-order valence-corrected chi connectivity index (χ0v) is 17.2. The second kappa shape index (κ2) is 8.83. The van der Waals surface area contributed by atoms with Crippen LogP contribution in [0.25, 0.3) is 0 Å². The summed E-state index contributed by atoms with van der Waals surface area (Å²) in [5.41, 5.74) is 4.84. The molecule has 1 atom stereocenters. The minimum atomic E-state index is -1.54. The zero-order valence-electron chi connectivity index (χ0n) is 16.2. The van der Waals surface area contributed by atoms with E-state index in [-0.39, 0.29) is 11.6 Å². The molecule has 0 heterocycles.